The zero-order valence-corrected chi connectivity index (χ0v) is 13.9. The molecule has 0 aliphatic heterocycles. The molecular weight excluding hydrogens is 357 g/mol. The quantitative estimate of drug-likeness (QED) is 0.846. The summed E-state index contributed by atoms with van der Waals surface area (Å²) in [6.07, 6.45) is -4.60. The van der Waals surface area contributed by atoms with Crippen LogP contribution in [0.5, 0.6) is 0 Å². The van der Waals surface area contributed by atoms with E-state index in [-0.39, 0.29) is 16.0 Å². The van der Waals surface area contributed by atoms with Gasteiger partial charge in [-0.15, -0.1) is 0 Å². The molecule has 2 aromatic rings. The topological polar surface area (TPSA) is 89.3 Å². The number of amides is 1. The van der Waals surface area contributed by atoms with Crippen molar-refractivity contribution in [3.05, 3.63) is 65.2 Å². The Bertz CT molecular complexity index is 878. The average molecular weight is 372 g/mol. The van der Waals surface area contributed by atoms with Crippen LogP contribution in [-0.4, -0.2) is 14.3 Å². The van der Waals surface area contributed by atoms with Gasteiger partial charge in [-0.2, -0.15) is 13.2 Å². The zero-order chi connectivity index (χ0) is 18.8. The SMILES string of the molecule is C[C@@H](NS(=O)(=O)c1ccc(C(N)=O)cc1)c1ccccc1C(F)(F)F. The molecule has 1 atom stereocenters. The summed E-state index contributed by atoms with van der Waals surface area (Å²) in [6.45, 7) is 1.32. The Hall–Kier alpha value is -2.39. The van der Waals surface area contributed by atoms with Crippen molar-refractivity contribution in [1.82, 2.24) is 4.72 Å². The van der Waals surface area contributed by atoms with Crippen molar-refractivity contribution in [3.63, 3.8) is 0 Å². The predicted molar refractivity (Wildman–Crippen MR) is 85.1 cm³/mol. The molecule has 2 aromatic carbocycles. The Morgan fingerprint density at radius 3 is 2.16 bits per heavy atom. The molecule has 25 heavy (non-hydrogen) atoms. The number of rotatable bonds is 5. The first-order valence-corrected chi connectivity index (χ1v) is 8.59. The van der Waals surface area contributed by atoms with E-state index in [1.165, 1.54) is 37.3 Å². The van der Waals surface area contributed by atoms with E-state index in [0.717, 1.165) is 18.2 Å². The molecule has 0 fully saturated rings. The third kappa shape index (κ3) is 4.37. The number of carbonyl (C=O) groups excluding carboxylic acids is 1. The van der Waals surface area contributed by atoms with E-state index in [0.29, 0.717) is 0 Å². The van der Waals surface area contributed by atoms with Crippen LogP contribution in [0.4, 0.5) is 13.2 Å². The van der Waals surface area contributed by atoms with Crippen LogP contribution in [0.25, 0.3) is 0 Å². The fourth-order valence-electron chi connectivity index (χ4n) is 2.30. The van der Waals surface area contributed by atoms with Crippen LogP contribution in [0.15, 0.2) is 53.4 Å². The van der Waals surface area contributed by atoms with E-state index >= 15 is 0 Å². The van der Waals surface area contributed by atoms with Crippen molar-refractivity contribution < 1.29 is 26.4 Å². The minimum atomic E-state index is -4.60. The molecule has 0 bridgehead atoms. The number of alkyl halides is 3. The van der Waals surface area contributed by atoms with Gasteiger partial charge in [-0.1, -0.05) is 18.2 Å². The first-order chi connectivity index (χ1) is 11.5. The summed E-state index contributed by atoms with van der Waals surface area (Å²) in [5, 5.41) is 0. The summed E-state index contributed by atoms with van der Waals surface area (Å²) in [4.78, 5) is 10.8. The van der Waals surface area contributed by atoms with Crippen molar-refractivity contribution in [2.24, 2.45) is 5.73 Å². The molecule has 0 radical (unpaired) electrons. The van der Waals surface area contributed by atoms with Crippen LogP contribution in [-0.2, 0) is 16.2 Å². The van der Waals surface area contributed by atoms with Crippen LogP contribution in [0.3, 0.4) is 0 Å². The Morgan fingerprint density at radius 1 is 1.08 bits per heavy atom. The highest BCUT2D eigenvalue weighted by Crippen LogP contribution is 2.34. The van der Waals surface area contributed by atoms with Gasteiger partial charge in [0.05, 0.1) is 10.5 Å². The molecule has 0 aromatic heterocycles. The van der Waals surface area contributed by atoms with Crippen molar-refractivity contribution in [3.8, 4) is 0 Å². The highest BCUT2D eigenvalue weighted by molar-refractivity contribution is 7.89. The number of nitrogens with one attached hydrogen (secondary N) is 1. The molecule has 0 aliphatic rings. The average Bonchev–Trinajstić information content (AvgIpc) is 2.53. The van der Waals surface area contributed by atoms with Gasteiger partial charge in [0.2, 0.25) is 15.9 Å². The van der Waals surface area contributed by atoms with Gasteiger partial charge in [-0.05, 0) is 42.8 Å². The van der Waals surface area contributed by atoms with Crippen molar-refractivity contribution in [1.29, 1.82) is 0 Å². The fraction of sp³-hybridized carbons (Fsp3) is 0.188. The molecule has 134 valence electrons. The summed E-state index contributed by atoms with van der Waals surface area (Å²) in [7, 11) is -4.08. The van der Waals surface area contributed by atoms with Crippen molar-refractivity contribution in [2.45, 2.75) is 24.0 Å². The van der Waals surface area contributed by atoms with E-state index in [2.05, 4.69) is 4.72 Å². The highest BCUT2D eigenvalue weighted by Gasteiger charge is 2.34. The second-order valence-corrected chi connectivity index (χ2v) is 7.03. The zero-order valence-electron chi connectivity index (χ0n) is 13.0. The Morgan fingerprint density at radius 2 is 1.64 bits per heavy atom. The molecule has 0 aliphatic carbocycles. The van der Waals surface area contributed by atoms with Crippen LogP contribution in [0.2, 0.25) is 0 Å². The minimum absolute atomic E-state index is 0.120. The molecule has 3 N–H and O–H groups in total. The van der Waals surface area contributed by atoms with Gasteiger partial charge < -0.3 is 5.73 Å². The van der Waals surface area contributed by atoms with E-state index in [1.807, 2.05) is 0 Å². The molecule has 0 heterocycles. The number of primary amides is 1. The van der Waals surface area contributed by atoms with Gasteiger partial charge in [0.25, 0.3) is 0 Å². The van der Waals surface area contributed by atoms with Crippen LogP contribution >= 0.6 is 0 Å². The summed E-state index contributed by atoms with van der Waals surface area (Å²) in [5.41, 5.74) is 4.10. The largest absolute Gasteiger partial charge is 0.416 e. The van der Waals surface area contributed by atoms with E-state index < -0.39 is 33.7 Å². The molecule has 2 rings (SSSR count). The molecular formula is C16H15F3N2O3S. The lowest BCUT2D eigenvalue weighted by atomic mass is 10.0. The number of nitrogens with two attached hydrogens (primary N) is 1. The maximum Gasteiger partial charge on any atom is 0.416 e. The van der Waals surface area contributed by atoms with Crippen LogP contribution < -0.4 is 10.5 Å². The number of sulfonamides is 1. The van der Waals surface area contributed by atoms with Crippen molar-refractivity contribution >= 4 is 15.9 Å². The maximum atomic E-state index is 13.1. The van der Waals surface area contributed by atoms with Crippen molar-refractivity contribution in [2.75, 3.05) is 0 Å². The predicted octanol–water partition coefficient (Wildman–Crippen LogP) is 2.84. The van der Waals surface area contributed by atoms with E-state index in [9.17, 15) is 26.4 Å². The number of halogens is 3. The molecule has 0 spiro atoms. The molecule has 9 heteroatoms. The lowest BCUT2D eigenvalue weighted by molar-refractivity contribution is -0.138. The maximum absolute atomic E-state index is 13.1. The highest BCUT2D eigenvalue weighted by atomic mass is 32.2. The normalized spacial score (nSPS) is 13.4. The minimum Gasteiger partial charge on any atom is -0.366 e. The monoisotopic (exact) mass is 372 g/mol. The lowest BCUT2D eigenvalue weighted by Gasteiger charge is -2.19. The summed E-state index contributed by atoms with van der Waals surface area (Å²) < 4.78 is 66.1. The Balaban J connectivity index is 2.31. The van der Waals surface area contributed by atoms with Gasteiger partial charge in [0.15, 0.2) is 0 Å². The third-order valence-electron chi connectivity index (χ3n) is 3.51. The molecule has 1 amide bonds. The molecule has 0 saturated carbocycles. The first kappa shape index (κ1) is 18.9. The van der Waals surface area contributed by atoms with E-state index in [4.69, 9.17) is 5.73 Å². The molecule has 0 unspecified atom stereocenters. The number of carbonyl (C=O) groups is 1. The molecule has 5 nitrogen and oxygen atoms in total. The van der Waals surface area contributed by atoms with Gasteiger partial charge >= 0.3 is 6.18 Å². The second kappa shape index (κ2) is 6.85. The Labute approximate surface area is 142 Å². The summed E-state index contributed by atoms with van der Waals surface area (Å²) in [5.74, 6) is -0.718. The summed E-state index contributed by atoms with van der Waals surface area (Å²) in [6, 6.07) is 8.39. The van der Waals surface area contributed by atoms with Gasteiger partial charge in [0.1, 0.15) is 0 Å². The number of hydrogen-bond acceptors (Lipinski definition) is 3. The van der Waals surface area contributed by atoms with Crippen LogP contribution in [0.1, 0.15) is 34.5 Å². The smallest absolute Gasteiger partial charge is 0.366 e. The number of benzene rings is 2. The summed E-state index contributed by atoms with van der Waals surface area (Å²) >= 11 is 0. The van der Waals surface area contributed by atoms with Gasteiger partial charge in [0, 0.05) is 11.6 Å². The van der Waals surface area contributed by atoms with Crippen LogP contribution in [0, 0.1) is 0 Å². The molecule has 0 saturated heterocycles. The standard InChI is InChI=1S/C16H15F3N2O3S/c1-10(13-4-2-3-5-14(13)16(17,18)19)21-25(23,24)12-8-6-11(7-9-12)15(20)22/h2-10,21H,1H3,(H2,20,22)/t10-/m1/s1. The number of hydrogen-bond donors (Lipinski definition) is 2. The first-order valence-electron chi connectivity index (χ1n) is 7.10. The second-order valence-electron chi connectivity index (χ2n) is 5.32. The lowest BCUT2D eigenvalue weighted by Crippen LogP contribution is -2.28. The van der Waals surface area contributed by atoms with Gasteiger partial charge in [-0.25, -0.2) is 13.1 Å². The van der Waals surface area contributed by atoms with E-state index in [1.54, 1.807) is 0 Å². The fourth-order valence-corrected chi connectivity index (χ4v) is 3.52. The Kier molecular flexibility index (Phi) is 5.19. The van der Waals surface area contributed by atoms with Gasteiger partial charge in [-0.3, -0.25) is 4.79 Å². The third-order valence-corrected chi connectivity index (χ3v) is 5.07.